The van der Waals surface area contributed by atoms with Crippen LogP contribution in [0, 0.1) is 23.2 Å². The summed E-state index contributed by atoms with van der Waals surface area (Å²) in [4.78, 5) is 0. The third kappa shape index (κ3) is 4.26. The second-order valence-electron chi connectivity index (χ2n) is 10.3. The lowest BCUT2D eigenvalue weighted by molar-refractivity contribution is -0.177. The first-order valence-electron chi connectivity index (χ1n) is 11.3. The average molecular weight is 389 g/mol. The van der Waals surface area contributed by atoms with Gasteiger partial charge in [-0.05, 0) is 67.6 Å². The van der Waals surface area contributed by atoms with Crippen LogP contribution in [0.3, 0.4) is 0 Å². The van der Waals surface area contributed by atoms with Crippen LogP contribution in [0.1, 0.15) is 79.6 Å². The van der Waals surface area contributed by atoms with Crippen LogP contribution < -0.4 is 0 Å². The molecule has 0 amide bonds. The van der Waals surface area contributed by atoms with Crippen LogP contribution in [0.25, 0.3) is 0 Å². The molecule has 3 rings (SSSR count). The number of fused-ring (bicyclic) bond motifs is 3. The number of aliphatic hydroxyl groups is 2. The van der Waals surface area contributed by atoms with Gasteiger partial charge in [0.15, 0.2) is 0 Å². The van der Waals surface area contributed by atoms with E-state index in [9.17, 15) is 10.2 Å². The van der Waals surface area contributed by atoms with Crippen molar-refractivity contribution < 1.29 is 14.9 Å². The van der Waals surface area contributed by atoms with Crippen LogP contribution in [-0.2, 0) is 4.74 Å². The number of ether oxygens (including phenoxy) is 1. The molecule has 1 aliphatic heterocycles. The smallest absolute Gasteiger partial charge is 0.0988 e. The van der Waals surface area contributed by atoms with E-state index in [1.807, 2.05) is 6.08 Å². The monoisotopic (exact) mass is 388 g/mol. The van der Waals surface area contributed by atoms with E-state index >= 15 is 0 Å². The van der Waals surface area contributed by atoms with Crippen molar-refractivity contribution >= 4 is 0 Å². The molecule has 3 aliphatic rings. The van der Waals surface area contributed by atoms with Crippen molar-refractivity contribution in [3.8, 4) is 0 Å². The van der Waals surface area contributed by atoms with Gasteiger partial charge in [0.25, 0.3) is 0 Å². The maximum Gasteiger partial charge on any atom is 0.0988 e. The molecule has 0 radical (unpaired) electrons. The van der Waals surface area contributed by atoms with Crippen molar-refractivity contribution in [1.82, 2.24) is 0 Å². The van der Waals surface area contributed by atoms with Crippen molar-refractivity contribution in [3.63, 3.8) is 0 Å². The molecule has 4 atom stereocenters. The number of allylic oxidation sites excluding steroid dienone is 3. The van der Waals surface area contributed by atoms with Crippen molar-refractivity contribution in [3.05, 3.63) is 35.1 Å². The highest BCUT2D eigenvalue weighted by molar-refractivity contribution is 5.36. The molecular weight excluding hydrogens is 348 g/mol. The van der Waals surface area contributed by atoms with E-state index < -0.39 is 0 Å². The number of hydrogen-bond donors (Lipinski definition) is 2. The molecule has 2 aliphatic carbocycles. The summed E-state index contributed by atoms with van der Waals surface area (Å²) in [5, 5.41) is 20.7. The average Bonchev–Trinajstić information content (AvgIpc) is 2.63. The molecule has 0 spiro atoms. The van der Waals surface area contributed by atoms with Crippen LogP contribution in [0.5, 0.6) is 0 Å². The molecule has 0 bridgehead atoms. The summed E-state index contributed by atoms with van der Waals surface area (Å²) >= 11 is 0. The molecule has 158 valence electrons. The van der Waals surface area contributed by atoms with Gasteiger partial charge in [0.2, 0.25) is 0 Å². The summed E-state index contributed by atoms with van der Waals surface area (Å²) in [5.41, 5.74) is 2.13. The van der Waals surface area contributed by atoms with Crippen LogP contribution in [0.4, 0.5) is 0 Å². The second-order valence-corrected chi connectivity index (χ2v) is 10.3. The van der Waals surface area contributed by atoms with E-state index in [1.165, 1.54) is 31.3 Å². The predicted octanol–water partition coefficient (Wildman–Crippen LogP) is 6.10. The van der Waals surface area contributed by atoms with E-state index in [2.05, 4.69) is 46.8 Å². The Balaban J connectivity index is 1.83. The molecule has 2 N–H and O–H groups in total. The van der Waals surface area contributed by atoms with Gasteiger partial charge in [-0.3, -0.25) is 0 Å². The molecule has 3 heteroatoms. The molecular formula is C25H40O3. The Labute approximate surface area is 171 Å². The molecule has 0 aromatic rings. The summed E-state index contributed by atoms with van der Waals surface area (Å²) < 4.78 is 6.59. The van der Waals surface area contributed by atoms with E-state index in [1.54, 1.807) is 0 Å². The van der Waals surface area contributed by atoms with E-state index in [-0.39, 0.29) is 29.6 Å². The molecule has 1 heterocycles. The minimum Gasteiger partial charge on any atom is -0.512 e. The van der Waals surface area contributed by atoms with Crippen molar-refractivity contribution in [2.75, 3.05) is 6.61 Å². The first-order chi connectivity index (χ1) is 13.2. The van der Waals surface area contributed by atoms with E-state index in [4.69, 9.17) is 4.74 Å². The van der Waals surface area contributed by atoms with Gasteiger partial charge in [-0.1, -0.05) is 58.6 Å². The molecule has 3 nitrogen and oxygen atoms in total. The zero-order valence-electron chi connectivity index (χ0n) is 18.5. The van der Waals surface area contributed by atoms with Gasteiger partial charge < -0.3 is 14.9 Å². The summed E-state index contributed by atoms with van der Waals surface area (Å²) in [6, 6.07) is 0. The van der Waals surface area contributed by atoms with Gasteiger partial charge in [0, 0.05) is 5.92 Å². The Morgan fingerprint density at radius 1 is 1.21 bits per heavy atom. The fraction of sp³-hybridized carbons (Fsp3) is 0.760. The van der Waals surface area contributed by atoms with Gasteiger partial charge in [-0.15, -0.1) is 0 Å². The highest BCUT2D eigenvalue weighted by Crippen LogP contribution is 2.53. The van der Waals surface area contributed by atoms with Crippen LogP contribution in [0.15, 0.2) is 35.1 Å². The maximum atomic E-state index is 11.1. The third-order valence-electron chi connectivity index (χ3n) is 7.45. The predicted molar refractivity (Wildman–Crippen MR) is 115 cm³/mol. The van der Waals surface area contributed by atoms with Gasteiger partial charge in [0.05, 0.1) is 24.1 Å². The number of rotatable bonds is 7. The summed E-state index contributed by atoms with van der Waals surface area (Å²) in [6.45, 7) is 11.3. The third-order valence-corrected chi connectivity index (χ3v) is 7.45. The Hall–Kier alpha value is -1.06. The lowest BCUT2D eigenvalue weighted by Crippen LogP contribution is -2.54. The molecule has 0 saturated carbocycles. The number of unbranched alkanes of at least 4 members (excludes halogenated alkanes) is 3. The number of aliphatic hydroxyl groups excluding tert-OH is 2. The van der Waals surface area contributed by atoms with Crippen LogP contribution in [-0.4, -0.2) is 28.5 Å². The maximum absolute atomic E-state index is 11.1. The fourth-order valence-corrected chi connectivity index (χ4v) is 5.62. The molecule has 2 unspecified atom stereocenters. The Morgan fingerprint density at radius 3 is 2.64 bits per heavy atom. The minimum atomic E-state index is -0.228. The molecule has 0 aromatic carbocycles. The van der Waals surface area contributed by atoms with Gasteiger partial charge in [-0.2, -0.15) is 0 Å². The normalized spacial score (nSPS) is 32.0. The SMILES string of the molecule is CCCCCCC(C)(C)C1=CC2OC(C)(C)[C@H]3CC=C(CO)CC3[C@@H]2C(O)=C1. The summed E-state index contributed by atoms with van der Waals surface area (Å²) in [7, 11) is 0. The highest BCUT2D eigenvalue weighted by Gasteiger charge is 2.52. The zero-order chi connectivity index (χ0) is 20.5. The van der Waals surface area contributed by atoms with Gasteiger partial charge in [-0.25, -0.2) is 0 Å². The van der Waals surface area contributed by atoms with Crippen molar-refractivity contribution in [2.45, 2.75) is 91.3 Å². The zero-order valence-corrected chi connectivity index (χ0v) is 18.5. The summed E-state index contributed by atoms with van der Waals surface area (Å²) in [5.74, 6) is 1.18. The molecule has 0 aromatic heterocycles. The summed E-state index contributed by atoms with van der Waals surface area (Å²) in [6.07, 6.45) is 14.4. The van der Waals surface area contributed by atoms with Gasteiger partial charge >= 0.3 is 0 Å². The first kappa shape index (κ1) is 21.6. The largest absolute Gasteiger partial charge is 0.512 e. The minimum absolute atomic E-state index is 0.00733. The van der Waals surface area contributed by atoms with Crippen LogP contribution in [0.2, 0.25) is 0 Å². The second kappa shape index (κ2) is 8.36. The number of hydrogen-bond acceptors (Lipinski definition) is 3. The van der Waals surface area contributed by atoms with Crippen molar-refractivity contribution in [2.24, 2.45) is 23.2 Å². The van der Waals surface area contributed by atoms with Gasteiger partial charge in [0.1, 0.15) is 0 Å². The Bertz CT molecular complexity index is 653. The van der Waals surface area contributed by atoms with E-state index in [0.717, 1.165) is 24.8 Å². The van der Waals surface area contributed by atoms with E-state index in [0.29, 0.717) is 17.6 Å². The highest BCUT2D eigenvalue weighted by atomic mass is 16.5. The van der Waals surface area contributed by atoms with Crippen molar-refractivity contribution in [1.29, 1.82) is 0 Å². The van der Waals surface area contributed by atoms with Crippen LogP contribution >= 0.6 is 0 Å². The molecule has 1 fully saturated rings. The Morgan fingerprint density at radius 2 is 1.96 bits per heavy atom. The molecule has 28 heavy (non-hydrogen) atoms. The fourth-order valence-electron chi connectivity index (χ4n) is 5.62. The lowest BCUT2D eigenvalue weighted by Gasteiger charge is -2.53. The lowest BCUT2D eigenvalue weighted by atomic mass is 9.61. The molecule has 1 saturated heterocycles. The quantitative estimate of drug-likeness (QED) is 0.409. The standard InChI is InChI=1S/C25H40O3/c1-6-7-8-9-12-24(2,3)18-14-21(27)23-19-13-17(16-26)10-11-20(19)25(4,5)28-22(23)15-18/h10,14-15,19-20,22-23,26-27H,6-9,11-13,16H2,1-5H3/t19?,20-,22?,23+/m0/s1. The topological polar surface area (TPSA) is 49.7 Å². The first-order valence-corrected chi connectivity index (χ1v) is 11.3. The Kier molecular flexibility index (Phi) is 6.46.